The summed E-state index contributed by atoms with van der Waals surface area (Å²) in [5.41, 5.74) is 0. The molecule has 0 amide bonds. The average molecular weight is 305 g/mol. The van der Waals surface area contributed by atoms with Crippen molar-refractivity contribution in [3.63, 3.8) is 0 Å². The number of rotatable bonds is 9. The highest BCUT2D eigenvalue weighted by Gasteiger charge is 2.35. The SMILES string of the molecule is C=CCN(CCOC)S(=O)(=O)N1CCCCC1CNC. The van der Waals surface area contributed by atoms with E-state index in [1.807, 2.05) is 7.05 Å². The number of nitrogens with one attached hydrogen (secondary N) is 1. The van der Waals surface area contributed by atoms with E-state index in [0.29, 0.717) is 32.8 Å². The molecule has 1 atom stereocenters. The maximum atomic E-state index is 12.8. The minimum atomic E-state index is -3.45. The molecular weight excluding hydrogens is 278 g/mol. The minimum absolute atomic E-state index is 0.0358. The summed E-state index contributed by atoms with van der Waals surface area (Å²) < 4.78 is 33.7. The molecule has 1 heterocycles. The van der Waals surface area contributed by atoms with Crippen LogP contribution in [0.25, 0.3) is 0 Å². The van der Waals surface area contributed by atoms with E-state index in [2.05, 4.69) is 11.9 Å². The average Bonchev–Trinajstić information content (AvgIpc) is 2.44. The zero-order chi connectivity index (χ0) is 15.0. The molecule has 118 valence electrons. The van der Waals surface area contributed by atoms with Crippen LogP contribution in [0.2, 0.25) is 0 Å². The fourth-order valence-corrected chi connectivity index (χ4v) is 4.32. The van der Waals surface area contributed by atoms with Crippen molar-refractivity contribution in [3.8, 4) is 0 Å². The van der Waals surface area contributed by atoms with Gasteiger partial charge in [-0.15, -0.1) is 6.58 Å². The molecule has 0 saturated carbocycles. The third-order valence-corrected chi connectivity index (χ3v) is 5.57. The lowest BCUT2D eigenvalue weighted by molar-refractivity contribution is 0.173. The highest BCUT2D eigenvalue weighted by atomic mass is 32.2. The van der Waals surface area contributed by atoms with Crippen molar-refractivity contribution in [2.45, 2.75) is 25.3 Å². The summed E-state index contributed by atoms with van der Waals surface area (Å²) in [5, 5.41) is 3.08. The van der Waals surface area contributed by atoms with E-state index >= 15 is 0 Å². The molecule has 0 aliphatic carbocycles. The van der Waals surface area contributed by atoms with Gasteiger partial charge in [0.1, 0.15) is 0 Å². The molecule has 1 N–H and O–H groups in total. The first-order chi connectivity index (χ1) is 9.57. The molecule has 1 unspecified atom stereocenters. The lowest BCUT2D eigenvalue weighted by Crippen LogP contribution is -2.53. The van der Waals surface area contributed by atoms with E-state index in [1.165, 1.54) is 4.31 Å². The van der Waals surface area contributed by atoms with Gasteiger partial charge in [0.15, 0.2) is 0 Å². The predicted molar refractivity (Wildman–Crippen MR) is 80.8 cm³/mol. The fourth-order valence-electron chi connectivity index (χ4n) is 2.50. The number of hydrogen-bond acceptors (Lipinski definition) is 4. The summed E-state index contributed by atoms with van der Waals surface area (Å²) in [4.78, 5) is 0. The van der Waals surface area contributed by atoms with E-state index in [4.69, 9.17) is 4.74 Å². The van der Waals surface area contributed by atoms with E-state index < -0.39 is 10.2 Å². The second-order valence-electron chi connectivity index (χ2n) is 4.97. The lowest BCUT2D eigenvalue weighted by Gasteiger charge is -2.37. The van der Waals surface area contributed by atoms with E-state index in [1.54, 1.807) is 17.5 Å². The standard InChI is InChI=1S/C13H27N3O3S/c1-4-8-15(10-11-19-3)20(17,18)16-9-6-5-7-13(16)12-14-2/h4,13-14H,1,5-12H2,2-3H3. The molecule has 0 spiro atoms. The van der Waals surface area contributed by atoms with Gasteiger partial charge in [0.25, 0.3) is 10.2 Å². The molecule has 0 aromatic rings. The van der Waals surface area contributed by atoms with Crippen LogP contribution in [0, 0.1) is 0 Å². The van der Waals surface area contributed by atoms with Gasteiger partial charge in [-0.3, -0.25) is 0 Å². The first-order valence-corrected chi connectivity index (χ1v) is 8.49. The van der Waals surface area contributed by atoms with Crippen LogP contribution in [0.4, 0.5) is 0 Å². The molecule has 0 bridgehead atoms. The summed E-state index contributed by atoms with van der Waals surface area (Å²) in [6.07, 6.45) is 4.53. The molecule has 1 rings (SSSR count). The van der Waals surface area contributed by atoms with Crippen LogP contribution in [-0.2, 0) is 14.9 Å². The summed E-state index contributed by atoms with van der Waals surface area (Å²) in [7, 11) is -0.0286. The van der Waals surface area contributed by atoms with Gasteiger partial charge < -0.3 is 10.1 Å². The van der Waals surface area contributed by atoms with Gasteiger partial charge in [-0.25, -0.2) is 0 Å². The number of nitrogens with zero attached hydrogens (tertiary/aromatic N) is 2. The Morgan fingerprint density at radius 3 is 2.85 bits per heavy atom. The highest BCUT2D eigenvalue weighted by Crippen LogP contribution is 2.22. The van der Waals surface area contributed by atoms with Gasteiger partial charge in [0.2, 0.25) is 0 Å². The molecule has 1 fully saturated rings. The lowest BCUT2D eigenvalue weighted by atomic mass is 10.1. The smallest absolute Gasteiger partial charge is 0.282 e. The predicted octanol–water partition coefficient (Wildman–Crippen LogP) is 0.440. The molecule has 0 aromatic heterocycles. The fraction of sp³-hybridized carbons (Fsp3) is 0.846. The van der Waals surface area contributed by atoms with E-state index in [-0.39, 0.29) is 6.04 Å². The van der Waals surface area contributed by atoms with E-state index in [9.17, 15) is 8.42 Å². The Hall–Kier alpha value is -0.470. The molecule has 0 radical (unpaired) electrons. The van der Waals surface area contributed by atoms with Crippen LogP contribution < -0.4 is 5.32 Å². The second kappa shape index (κ2) is 8.74. The Kier molecular flexibility index (Phi) is 7.68. The van der Waals surface area contributed by atoms with Gasteiger partial charge in [-0.05, 0) is 19.9 Å². The third-order valence-electron chi connectivity index (χ3n) is 3.51. The maximum absolute atomic E-state index is 12.8. The first kappa shape index (κ1) is 17.6. The summed E-state index contributed by atoms with van der Waals surface area (Å²) in [5.74, 6) is 0. The van der Waals surface area contributed by atoms with Gasteiger partial charge >= 0.3 is 0 Å². The van der Waals surface area contributed by atoms with Crippen molar-refractivity contribution in [1.82, 2.24) is 13.9 Å². The number of hydrogen-bond donors (Lipinski definition) is 1. The topological polar surface area (TPSA) is 61.9 Å². The van der Waals surface area contributed by atoms with Crippen molar-refractivity contribution in [1.29, 1.82) is 0 Å². The normalized spacial score (nSPS) is 21.2. The number of likely N-dealkylation sites (N-methyl/N-ethyl adjacent to an activating group) is 1. The van der Waals surface area contributed by atoms with Crippen molar-refractivity contribution in [2.24, 2.45) is 0 Å². The quantitative estimate of drug-likeness (QED) is 0.628. The molecule has 1 aliphatic heterocycles. The van der Waals surface area contributed by atoms with Crippen molar-refractivity contribution < 1.29 is 13.2 Å². The van der Waals surface area contributed by atoms with Crippen LogP contribution in [0.3, 0.4) is 0 Å². The molecule has 20 heavy (non-hydrogen) atoms. The molecular formula is C13H27N3O3S. The molecule has 1 aliphatic rings. The van der Waals surface area contributed by atoms with Crippen molar-refractivity contribution >= 4 is 10.2 Å². The summed E-state index contributed by atoms with van der Waals surface area (Å²) >= 11 is 0. The highest BCUT2D eigenvalue weighted by molar-refractivity contribution is 7.86. The molecule has 0 aromatic carbocycles. The summed E-state index contributed by atoms with van der Waals surface area (Å²) in [6, 6.07) is 0.0358. The number of piperidine rings is 1. The van der Waals surface area contributed by atoms with Crippen LogP contribution in [0.5, 0.6) is 0 Å². The minimum Gasteiger partial charge on any atom is -0.383 e. The zero-order valence-corrected chi connectivity index (χ0v) is 13.4. The van der Waals surface area contributed by atoms with Gasteiger partial charge in [-0.1, -0.05) is 12.5 Å². The van der Waals surface area contributed by atoms with Crippen LogP contribution in [0.15, 0.2) is 12.7 Å². The molecule has 7 heteroatoms. The van der Waals surface area contributed by atoms with Gasteiger partial charge in [0.05, 0.1) is 6.61 Å². The Balaban J connectivity index is 2.87. The van der Waals surface area contributed by atoms with Crippen LogP contribution in [-0.4, -0.2) is 70.0 Å². The van der Waals surface area contributed by atoms with E-state index in [0.717, 1.165) is 19.3 Å². The number of methoxy groups -OCH3 is 1. The molecule has 6 nitrogen and oxygen atoms in total. The number of ether oxygens (including phenoxy) is 1. The Bertz CT molecular complexity index is 384. The Morgan fingerprint density at radius 2 is 2.25 bits per heavy atom. The van der Waals surface area contributed by atoms with Crippen LogP contribution >= 0.6 is 0 Å². The summed E-state index contributed by atoms with van der Waals surface area (Å²) in [6.45, 7) is 5.98. The third kappa shape index (κ3) is 4.53. The second-order valence-corrected chi connectivity index (χ2v) is 6.85. The zero-order valence-electron chi connectivity index (χ0n) is 12.5. The molecule has 1 saturated heterocycles. The maximum Gasteiger partial charge on any atom is 0.282 e. The van der Waals surface area contributed by atoms with Crippen LogP contribution in [0.1, 0.15) is 19.3 Å². The Morgan fingerprint density at radius 1 is 1.50 bits per heavy atom. The Labute approximate surface area is 123 Å². The largest absolute Gasteiger partial charge is 0.383 e. The van der Waals surface area contributed by atoms with Gasteiger partial charge in [-0.2, -0.15) is 17.0 Å². The van der Waals surface area contributed by atoms with Crippen molar-refractivity contribution in [2.75, 3.05) is 46.9 Å². The van der Waals surface area contributed by atoms with Crippen molar-refractivity contribution in [3.05, 3.63) is 12.7 Å². The first-order valence-electron chi connectivity index (χ1n) is 7.09. The monoisotopic (exact) mass is 305 g/mol. The van der Waals surface area contributed by atoms with Gasteiger partial charge in [0, 0.05) is 39.3 Å².